The van der Waals surface area contributed by atoms with E-state index in [0.29, 0.717) is 14.7 Å². The molecule has 0 radical (unpaired) electrons. The first kappa shape index (κ1) is 15.2. The maximum absolute atomic E-state index is 12.4. The monoisotopic (exact) mass is 420 g/mol. The summed E-state index contributed by atoms with van der Waals surface area (Å²) < 4.78 is 6.71. The van der Waals surface area contributed by atoms with Crippen LogP contribution in [0.5, 0.6) is 0 Å². The van der Waals surface area contributed by atoms with E-state index >= 15 is 0 Å². The van der Waals surface area contributed by atoms with Crippen molar-refractivity contribution in [1.29, 1.82) is 0 Å². The number of benzene rings is 1. The van der Waals surface area contributed by atoms with Crippen molar-refractivity contribution in [2.75, 3.05) is 0 Å². The Morgan fingerprint density at radius 1 is 1.00 bits per heavy atom. The van der Waals surface area contributed by atoms with E-state index in [4.69, 9.17) is 4.42 Å². The Morgan fingerprint density at radius 3 is 2.50 bits per heavy atom. The summed E-state index contributed by atoms with van der Waals surface area (Å²) >= 11 is 6.51. The molecule has 0 N–H and O–H groups in total. The van der Waals surface area contributed by atoms with Gasteiger partial charge in [0, 0.05) is 16.1 Å². The fourth-order valence-corrected chi connectivity index (χ4v) is 3.42. The van der Waals surface area contributed by atoms with Crippen molar-refractivity contribution in [1.82, 2.24) is 0 Å². The summed E-state index contributed by atoms with van der Waals surface area (Å²) in [6.07, 6.45) is 0. The van der Waals surface area contributed by atoms with Crippen molar-refractivity contribution in [3.8, 4) is 11.3 Å². The van der Waals surface area contributed by atoms with Crippen LogP contribution in [0.15, 0.2) is 65.4 Å². The molecule has 3 nitrogen and oxygen atoms in total. The molecule has 0 unspecified atom stereocenters. The lowest BCUT2D eigenvalue weighted by Crippen LogP contribution is -2.06. The standard InChI is InChI=1S/C17H10Br2O3/c1-9-3-2-4-10(5-9)15-8-14(20)12-6-11(18)7-13(19)16(21)17(12)22-15/h2-8H,1H3. The molecule has 0 fully saturated rings. The van der Waals surface area contributed by atoms with Crippen LogP contribution in [0.4, 0.5) is 0 Å². The highest BCUT2D eigenvalue weighted by atomic mass is 79.9. The zero-order valence-corrected chi connectivity index (χ0v) is 14.7. The average Bonchev–Trinajstić information content (AvgIpc) is 2.58. The number of fused-ring (bicyclic) bond motifs is 1. The fraction of sp³-hybridized carbons (Fsp3) is 0.0588. The molecule has 110 valence electrons. The summed E-state index contributed by atoms with van der Waals surface area (Å²) in [6.45, 7) is 1.95. The first-order chi connectivity index (χ1) is 10.5. The summed E-state index contributed by atoms with van der Waals surface area (Å²) in [7, 11) is 0. The van der Waals surface area contributed by atoms with Crippen molar-refractivity contribution in [3.05, 3.63) is 77.4 Å². The molecule has 3 rings (SSSR count). The smallest absolute Gasteiger partial charge is 0.235 e. The van der Waals surface area contributed by atoms with Gasteiger partial charge < -0.3 is 4.42 Å². The Hall–Kier alpha value is -1.72. The van der Waals surface area contributed by atoms with Gasteiger partial charge in [0.1, 0.15) is 5.76 Å². The second-order valence-electron chi connectivity index (χ2n) is 4.94. The lowest BCUT2D eigenvalue weighted by atomic mass is 10.1. The largest absolute Gasteiger partial charge is 0.452 e. The van der Waals surface area contributed by atoms with E-state index in [2.05, 4.69) is 31.9 Å². The van der Waals surface area contributed by atoms with Gasteiger partial charge in [-0.3, -0.25) is 9.59 Å². The summed E-state index contributed by atoms with van der Waals surface area (Å²) in [5.74, 6) is 0.382. The molecule has 0 saturated carbocycles. The molecule has 22 heavy (non-hydrogen) atoms. The Kier molecular flexibility index (Phi) is 4.02. The Labute approximate surface area is 142 Å². The normalized spacial score (nSPS) is 10.9. The molecule has 0 spiro atoms. The van der Waals surface area contributed by atoms with E-state index in [-0.39, 0.29) is 21.8 Å². The number of hydrogen-bond donors (Lipinski definition) is 0. The topological polar surface area (TPSA) is 47.3 Å². The number of halogens is 2. The van der Waals surface area contributed by atoms with E-state index in [1.807, 2.05) is 31.2 Å². The first-order valence-electron chi connectivity index (χ1n) is 6.50. The van der Waals surface area contributed by atoms with Gasteiger partial charge in [-0.25, -0.2) is 0 Å². The maximum Gasteiger partial charge on any atom is 0.235 e. The van der Waals surface area contributed by atoms with Crippen LogP contribution in [-0.4, -0.2) is 0 Å². The second kappa shape index (κ2) is 5.82. The predicted octanol–water partition coefficient (Wildman–Crippen LogP) is 4.65. The van der Waals surface area contributed by atoms with Crippen molar-refractivity contribution >= 4 is 42.8 Å². The minimum atomic E-state index is -0.354. The Balaban J connectivity index is 2.43. The van der Waals surface area contributed by atoms with Gasteiger partial charge in [-0.1, -0.05) is 39.7 Å². The van der Waals surface area contributed by atoms with Crippen LogP contribution in [0.3, 0.4) is 0 Å². The van der Waals surface area contributed by atoms with Crippen LogP contribution in [0.2, 0.25) is 0 Å². The number of rotatable bonds is 1. The SMILES string of the molecule is Cc1cccc(-c2cc(=O)c3cc(Br)cc(Br)c(=O)c3o2)c1. The van der Waals surface area contributed by atoms with E-state index in [1.165, 1.54) is 6.07 Å². The Morgan fingerprint density at radius 2 is 1.77 bits per heavy atom. The summed E-state index contributed by atoms with van der Waals surface area (Å²) in [4.78, 5) is 24.8. The van der Waals surface area contributed by atoms with Gasteiger partial charge in [-0.05, 0) is 41.1 Å². The average molecular weight is 422 g/mol. The van der Waals surface area contributed by atoms with Gasteiger partial charge in [0.25, 0.3) is 0 Å². The first-order valence-corrected chi connectivity index (χ1v) is 8.08. The van der Waals surface area contributed by atoms with Gasteiger partial charge >= 0.3 is 0 Å². The van der Waals surface area contributed by atoms with Crippen molar-refractivity contribution in [3.63, 3.8) is 0 Å². The lowest BCUT2D eigenvalue weighted by molar-refractivity contribution is 0.616. The highest BCUT2D eigenvalue weighted by Crippen LogP contribution is 2.23. The molecule has 1 heterocycles. The molecule has 2 aromatic carbocycles. The zero-order valence-electron chi connectivity index (χ0n) is 11.5. The third kappa shape index (κ3) is 2.78. The van der Waals surface area contributed by atoms with Gasteiger partial charge in [0.15, 0.2) is 11.0 Å². The molecule has 0 bridgehead atoms. The molecule has 0 aliphatic rings. The third-order valence-electron chi connectivity index (χ3n) is 3.26. The lowest BCUT2D eigenvalue weighted by Gasteiger charge is -2.02. The van der Waals surface area contributed by atoms with Crippen LogP contribution in [-0.2, 0) is 0 Å². The molecular weight excluding hydrogens is 412 g/mol. The second-order valence-corrected chi connectivity index (χ2v) is 6.71. The molecule has 1 aromatic heterocycles. The van der Waals surface area contributed by atoms with Crippen LogP contribution in [0, 0.1) is 6.92 Å². The quantitative estimate of drug-likeness (QED) is 0.574. The fourth-order valence-electron chi connectivity index (χ4n) is 2.22. The molecule has 0 aliphatic carbocycles. The highest BCUT2D eigenvalue weighted by molar-refractivity contribution is 9.11. The minimum absolute atomic E-state index is 0.0431. The predicted molar refractivity (Wildman–Crippen MR) is 94.3 cm³/mol. The van der Waals surface area contributed by atoms with E-state index in [9.17, 15) is 9.59 Å². The van der Waals surface area contributed by atoms with Crippen molar-refractivity contribution < 1.29 is 4.42 Å². The molecule has 5 heteroatoms. The van der Waals surface area contributed by atoms with Gasteiger partial charge in [-0.15, -0.1) is 0 Å². The van der Waals surface area contributed by atoms with Crippen LogP contribution in [0.25, 0.3) is 22.3 Å². The van der Waals surface area contributed by atoms with Gasteiger partial charge in [-0.2, -0.15) is 0 Å². The molecular formula is C17H10Br2O3. The molecule has 0 aliphatic heterocycles. The van der Waals surface area contributed by atoms with Gasteiger partial charge in [0.05, 0.1) is 9.86 Å². The van der Waals surface area contributed by atoms with Crippen LogP contribution in [0.1, 0.15) is 5.56 Å². The summed E-state index contributed by atoms with van der Waals surface area (Å²) in [6, 6.07) is 12.2. The summed E-state index contributed by atoms with van der Waals surface area (Å²) in [5, 5.41) is 0.249. The van der Waals surface area contributed by atoms with Crippen LogP contribution < -0.4 is 10.9 Å². The number of hydrogen-bond acceptors (Lipinski definition) is 3. The van der Waals surface area contributed by atoms with Crippen molar-refractivity contribution in [2.45, 2.75) is 6.92 Å². The van der Waals surface area contributed by atoms with Gasteiger partial charge in [0.2, 0.25) is 5.43 Å². The third-order valence-corrected chi connectivity index (χ3v) is 4.30. The maximum atomic E-state index is 12.4. The molecule has 0 amide bonds. The van der Waals surface area contributed by atoms with E-state index in [0.717, 1.165) is 11.1 Å². The zero-order chi connectivity index (χ0) is 15.9. The molecule has 0 saturated heterocycles. The Bertz CT molecular complexity index is 1010. The van der Waals surface area contributed by atoms with Crippen LogP contribution >= 0.6 is 31.9 Å². The molecule has 3 aromatic rings. The number of aryl methyl sites for hydroxylation is 1. The van der Waals surface area contributed by atoms with E-state index in [1.54, 1.807) is 12.1 Å². The summed E-state index contributed by atoms with van der Waals surface area (Å²) in [5.41, 5.74) is 1.25. The van der Waals surface area contributed by atoms with E-state index < -0.39 is 0 Å². The van der Waals surface area contributed by atoms with Crippen molar-refractivity contribution in [2.24, 2.45) is 0 Å². The molecule has 0 atom stereocenters. The highest BCUT2D eigenvalue weighted by Gasteiger charge is 2.11. The minimum Gasteiger partial charge on any atom is -0.452 e.